The maximum Gasteiger partial charge on any atom is 0.143 e. The molecule has 0 unspecified atom stereocenters. The van der Waals surface area contributed by atoms with E-state index in [-0.39, 0.29) is 21.1 Å². The first-order valence-electron chi connectivity index (χ1n) is 11.1. The summed E-state index contributed by atoms with van der Waals surface area (Å²) in [6.45, 7) is 0. The zero-order valence-corrected chi connectivity index (χ0v) is 20.4. The van der Waals surface area contributed by atoms with Crippen molar-refractivity contribution in [2.75, 3.05) is 4.90 Å². The van der Waals surface area contributed by atoms with Crippen molar-refractivity contribution < 1.29 is 21.1 Å². The molecule has 5 aromatic rings. The summed E-state index contributed by atoms with van der Waals surface area (Å²) in [5.41, 5.74) is 9.68. The summed E-state index contributed by atoms with van der Waals surface area (Å²) in [7, 11) is 0. The maximum absolute atomic E-state index is 5.12. The Bertz CT molecular complexity index is 1410. The quantitative estimate of drug-likeness (QED) is 0.242. The molecule has 0 bridgehead atoms. The van der Waals surface area contributed by atoms with Crippen LogP contribution in [0.5, 0.6) is 0 Å². The van der Waals surface area contributed by atoms with Gasteiger partial charge in [0.15, 0.2) is 0 Å². The molecule has 0 aliphatic carbocycles. The number of pyridine rings is 4. The van der Waals surface area contributed by atoms with E-state index in [0.29, 0.717) is 0 Å². The molecule has 0 fully saturated rings. The van der Waals surface area contributed by atoms with Gasteiger partial charge in [-0.05, 0) is 58.7 Å². The topological polar surface area (TPSA) is 54.8 Å². The van der Waals surface area contributed by atoms with Crippen molar-refractivity contribution in [2.45, 2.75) is 12.8 Å². The van der Waals surface area contributed by atoms with Crippen LogP contribution in [0.25, 0.3) is 22.8 Å². The van der Waals surface area contributed by atoms with Gasteiger partial charge in [-0.2, -0.15) is 0 Å². The van der Waals surface area contributed by atoms with Gasteiger partial charge in [-0.3, -0.25) is 14.9 Å². The Hall–Kier alpha value is -3.69. The second kappa shape index (κ2) is 8.26. The summed E-state index contributed by atoms with van der Waals surface area (Å²) in [4.78, 5) is 21.5. The molecule has 1 aromatic carbocycles. The van der Waals surface area contributed by atoms with Gasteiger partial charge in [0.05, 0.1) is 28.5 Å². The van der Waals surface area contributed by atoms with Crippen molar-refractivity contribution >= 4 is 17.3 Å². The number of benzene rings is 1. The predicted octanol–water partition coefficient (Wildman–Crippen LogP) is 5.88. The monoisotopic (exact) mass is 620 g/mol. The SMILES string of the molecule is [Pt].c1ccc(-c2ccc3c(n2)N2c4nc(-c5ccccn5)ccc4Cc4cccc(c42)C3)nc1. The fraction of sp³-hybridized carbons (Fsp3) is 0.0714. The Morgan fingerprint density at radius 3 is 1.50 bits per heavy atom. The smallest absolute Gasteiger partial charge is 0.143 e. The molecule has 5 nitrogen and oxygen atoms in total. The number of para-hydroxylation sites is 1. The van der Waals surface area contributed by atoms with Gasteiger partial charge in [-0.1, -0.05) is 42.5 Å². The van der Waals surface area contributed by atoms with Crippen molar-refractivity contribution in [2.24, 2.45) is 0 Å². The van der Waals surface area contributed by atoms with Gasteiger partial charge in [0, 0.05) is 46.3 Å². The number of fused-ring (bicyclic) bond motifs is 4. The minimum absolute atomic E-state index is 0. The van der Waals surface area contributed by atoms with Crippen molar-refractivity contribution in [1.29, 1.82) is 0 Å². The largest absolute Gasteiger partial charge is 0.278 e. The van der Waals surface area contributed by atoms with Crippen LogP contribution in [0.2, 0.25) is 0 Å². The van der Waals surface area contributed by atoms with Gasteiger partial charge in [0.1, 0.15) is 11.6 Å². The summed E-state index contributed by atoms with van der Waals surface area (Å²) in [5.74, 6) is 1.87. The molecular weight excluding hydrogens is 601 g/mol. The number of anilines is 3. The van der Waals surface area contributed by atoms with Gasteiger partial charge >= 0.3 is 0 Å². The van der Waals surface area contributed by atoms with Crippen molar-refractivity contribution in [3.8, 4) is 22.8 Å². The van der Waals surface area contributed by atoms with Crippen LogP contribution in [0.3, 0.4) is 0 Å². The molecule has 0 N–H and O–H groups in total. The standard InChI is InChI=1S/C28H19N5.Pt/c1-3-14-29-22(8-1)24-12-10-20-16-18-6-5-7-19-17-21-11-13-25(23-9-2-4-15-30-23)32-28(21)33(26(18)19)27(20)31-24;/h1-15H,16-17H2;. The van der Waals surface area contributed by atoms with Crippen molar-refractivity contribution in [3.63, 3.8) is 0 Å². The second-order valence-electron chi connectivity index (χ2n) is 8.40. The van der Waals surface area contributed by atoms with E-state index in [2.05, 4.69) is 57.3 Å². The minimum atomic E-state index is 0. The summed E-state index contributed by atoms with van der Waals surface area (Å²) in [5, 5.41) is 0. The maximum atomic E-state index is 5.12. The first-order valence-corrected chi connectivity index (χ1v) is 11.1. The molecule has 0 atom stereocenters. The number of aromatic nitrogens is 4. The van der Waals surface area contributed by atoms with Crippen molar-refractivity contribution in [3.05, 3.63) is 114 Å². The molecule has 34 heavy (non-hydrogen) atoms. The van der Waals surface area contributed by atoms with E-state index in [1.54, 1.807) is 12.4 Å². The first kappa shape index (κ1) is 20.9. The van der Waals surface area contributed by atoms with Crippen molar-refractivity contribution in [1.82, 2.24) is 19.9 Å². The summed E-state index contributed by atoms with van der Waals surface area (Å²) in [6, 6.07) is 26.9. The third kappa shape index (κ3) is 3.27. The number of hydrogen-bond donors (Lipinski definition) is 0. The molecule has 2 aliphatic heterocycles. The van der Waals surface area contributed by atoms with Crippen LogP contribution in [-0.4, -0.2) is 19.9 Å². The van der Waals surface area contributed by atoms with Crippen LogP contribution in [0, 0.1) is 0 Å². The molecule has 4 aromatic heterocycles. The number of nitrogens with zero attached hydrogens (tertiary/aromatic N) is 5. The van der Waals surface area contributed by atoms with E-state index < -0.39 is 0 Å². The van der Waals surface area contributed by atoms with E-state index >= 15 is 0 Å². The van der Waals surface area contributed by atoms with Gasteiger partial charge in [0.25, 0.3) is 0 Å². The predicted molar refractivity (Wildman–Crippen MR) is 129 cm³/mol. The average molecular weight is 621 g/mol. The summed E-state index contributed by atoms with van der Waals surface area (Å²) < 4.78 is 0. The molecule has 7 rings (SSSR count). The zero-order chi connectivity index (χ0) is 21.8. The normalized spacial score (nSPS) is 12.8. The van der Waals surface area contributed by atoms with Gasteiger partial charge < -0.3 is 0 Å². The average Bonchev–Trinajstić information content (AvgIpc) is 2.89. The Kier molecular flexibility index (Phi) is 5.08. The Labute approximate surface area is 211 Å². The Balaban J connectivity index is 0.00000217. The summed E-state index contributed by atoms with van der Waals surface area (Å²) in [6.07, 6.45) is 5.33. The molecule has 2 aliphatic rings. The van der Waals surface area contributed by atoms with Gasteiger partial charge in [-0.25, -0.2) is 9.97 Å². The zero-order valence-electron chi connectivity index (χ0n) is 18.1. The third-order valence-electron chi connectivity index (χ3n) is 6.38. The van der Waals surface area contributed by atoms with Crippen LogP contribution in [0.4, 0.5) is 17.3 Å². The van der Waals surface area contributed by atoms with Crippen LogP contribution in [0.1, 0.15) is 22.3 Å². The van der Waals surface area contributed by atoms with E-state index in [1.165, 1.54) is 27.9 Å². The van der Waals surface area contributed by atoms with Crippen LogP contribution in [-0.2, 0) is 33.9 Å². The van der Waals surface area contributed by atoms with Crippen LogP contribution < -0.4 is 4.90 Å². The van der Waals surface area contributed by atoms with Crippen LogP contribution in [0.15, 0.2) is 91.3 Å². The molecular formula is C28H19N5Pt. The second-order valence-corrected chi connectivity index (χ2v) is 8.40. The first-order chi connectivity index (χ1) is 16.3. The molecule has 0 amide bonds. The molecule has 0 radical (unpaired) electrons. The van der Waals surface area contributed by atoms with Gasteiger partial charge in [-0.15, -0.1) is 0 Å². The number of rotatable bonds is 2. The minimum Gasteiger partial charge on any atom is -0.278 e. The van der Waals surface area contributed by atoms with E-state index in [4.69, 9.17) is 9.97 Å². The van der Waals surface area contributed by atoms with Gasteiger partial charge in [0.2, 0.25) is 0 Å². The molecule has 0 saturated heterocycles. The summed E-state index contributed by atoms with van der Waals surface area (Å²) >= 11 is 0. The molecule has 6 heteroatoms. The van der Waals surface area contributed by atoms with E-state index in [9.17, 15) is 0 Å². The molecule has 0 spiro atoms. The molecule has 166 valence electrons. The van der Waals surface area contributed by atoms with Crippen LogP contribution >= 0.6 is 0 Å². The fourth-order valence-electron chi connectivity index (χ4n) is 4.87. The third-order valence-corrected chi connectivity index (χ3v) is 6.38. The fourth-order valence-corrected chi connectivity index (χ4v) is 4.87. The Morgan fingerprint density at radius 1 is 0.500 bits per heavy atom. The molecule has 6 heterocycles. The van der Waals surface area contributed by atoms with E-state index in [0.717, 1.165) is 47.3 Å². The molecule has 0 saturated carbocycles. The Morgan fingerprint density at radius 2 is 1.03 bits per heavy atom. The van der Waals surface area contributed by atoms with E-state index in [1.807, 2.05) is 36.4 Å². The number of hydrogen-bond acceptors (Lipinski definition) is 5.